The minimum Gasteiger partial charge on any atom is -0.356 e. The number of aryl methyl sites for hydroxylation is 1. The van der Waals surface area contributed by atoms with Crippen LogP contribution in [0.1, 0.15) is 12.5 Å². The highest BCUT2D eigenvalue weighted by Crippen LogP contribution is 2.16. The van der Waals surface area contributed by atoms with Crippen LogP contribution in [0.15, 0.2) is 35.6 Å². The molecule has 1 aromatic carbocycles. The monoisotopic (exact) mass is 504 g/mol. The number of benzene rings is 1. The Kier molecular flexibility index (Phi) is 7.72. The highest BCUT2D eigenvalue weighted by atomic mass is 127. The molecule has 0 radical (unpaired) electrons. The molecule has 0 bridgehead atoms. The first-order valence-electron chi connectivity index (χ1n) is 8.74. The first-order valence-corrected chi connectivity index (χ1v) is 8.74. The van der Waals surface area contributed by atoms with Gasteiger partial charge < -0.3 is 15.1 Å². The number of guanidine groups is 1. The Hall–Kier alpha value is -2.24. The molecule has 1 N–H and O–H groups in total. The standard InChI is InChI=1S/C18H22F2N6O.HI/c1-3-21-18(22-9-13-8-14(19)4-5-16(13)20)25-6-7-26(17(27)12-25)15-10-23-24(2)11-15;/h4-5,8,10-11H,3,6-7,9,12H2,1-2H3,(H,21,22);1H. The van der Waals surface area contributed by atoms with Crippen LogP contribution in [0.2, 0.25) is 0 Å². The molecular weight excluding hydrogens is 481 g/mol. The Morgan fingerprint density at radius 3 is 2.75 bits per heavy atom. The van der Waals surface area contributed by atoms with E-state index in [9.17, 15) is 13.6 Å². The average Bonchev–Trinajstić information content (AvgIpc) is 3.07. The molecular formula is C18H23F2IN6O. The fourth-order valence-electron chi connectivity index (χ4n) is 2.93. The smallest absolute Gasteiger partial charge is 0.246 e. The summed E-state index contributed by atoms with van der Waals surface area (Å²) < 4.78 is 28.8. The predicted octanol–water partition coefficient (Wildman–Crippen LogP) is 2.13. The number of rotatable bonds is 4. The zero-order valence-corrected chi connectivity index (χ0v) is 18.1. The number of nitrogens with one attached hydrogen (secondary N) is 1. The van der Waals surface area contributed by atoms with Gasteiger partial charge in [-0.2, -0.15) is 5.10 Å². The number of piperazine rings is 1. The van der Waals surface area contributed by atoms with Gasteiger partial charge in [-0.25, -0.2) is 13.8 Å². The van der Waals surface area contributed by atoms with Gasteiger partial charge in [0.15, 0.2) is 5.96 Å². The van der Waals surface area contributed by atoms with Gasteiger partial charge in [-0.3, -0.25) is 9.48 Å². The van der Waals surface area contributed by atoms with Gasteiger partial charge in [0.05, 0.1) is 18.4 Å². The van der Waals surface area contributed by atoms with Crippen LogP contribution in [0.4, 0.5) is 14.5 Å². The Morgan fingerprint density at radius 1 is 1.32 bits per heavy atom. The molecule has 1 saturated heterocycles. The lowest BCUT2D eigenvalue weighted by Crippen LogP contribution is -2.55. The Bertz CT molecular complexity index is 856. The molecule has 28 heavy (non-hydrogen) atoms. The van der Waals surface area contributed by atoms with Gasteiger partial charge in [-0.15, -0.1) is 24.0 Å². The van der Waals surface area contributed by atoms with Crippen molar-refractivity contribution in [3.8, 4) is 0 Å². The van der Waals surface area contributed by atoms with Gasteiger partial charge >= 0.3 is 0 Å². The average molecular weight is 504 g/mol. The van der Waals surface area contributed by atoms with E-state index < -0.39 is 11.6 Å². The quantitative estimate of drug-likeness (QED) is 0.394. The van der Waals surface area contributed by atoms with Crippen LogP contribution in [0.3, 0.4) is 0 Å². The molecule has 3 rings (SSSR count). The molecule has 1 aromatic heterocycles. The second-order valence-electron chi connectivity index (χ2n) is 6.25. The lowest BCUT2D eigenvalue weighted by molar-refractivity contribution is -0.120. The fraction of sp³-hybridized carbons (Fsp3) is 0.389. The molecule has 2 heterocycles. The molecule has 2 aromatic rings. The third-order valence-corrected chi connectivity index (χ3v) is 4.26. The molecule has 1 fully saturated rings. The van der Waals surface area contributed by atoms with Crippen LogP contribution in [0, 0.1) is 11.6 Å². The van der Waals surface area contributed by atoms with Crippen molar-refractivity contribution in [2.45, 2.75) is 13.5 Å². The summed E-state index contributed by atoms with van der Waals surface area (Å²) in [7, 11) is 1.80. The number of amides is 1. The third kappa shape index (κ3) is 5.18. The number of hydrogen-bond donors (Lipinski definition) is 1. The largest absolute Gasteiger partial charge is 0.356 e. The Morgan fingerprint density at radius 2 is 2.11 bits per heavy atom. The van der Waals surface area contributed by atoms with Crippen molar-refractivity contribution in [1.29, 1.82) is 0 Å². The second-order valence-corrected chi connectivity index (χ2v) is 6.25. The van der Waals surface area contributed by atoms with Gasteiger partial charge in [0, 0.05) is 38.4 Å². The zero-order chi connectivity index (χ0) is 19.4. The van der Waals surface area contributed by atoms with Crippen LogP contribution in [0.5, 0.6) is 0 Å². The lowest BCUT2D eigenvalue weighted by atomic mass is 10.2. The van der Waals surface area contributed by atoms with Crippen molar-refractivity contribution in [3.05, 3.63) is 47.8 Å². The van der Waals surface area contributed by atoms with E-state index >= 15 is 0 Å². The number of anilines is 1. The number of aliphatic imine (C=N–C) groups is 1. The zero-order valence-electron chi connectivity index (χ0n) is 15.7. The highest BCUT2D eigenvalue weighted by molar-refractivity contribution is 14.0. The summed E-state index contributed by atoms with van der Waals surface area (Å²) in [6.45, 7) is 3.70. The molecule has 152 valence electrons. The van der Waals surface area contributed by atoms with E-state index in [1.54, 1.807) is 29.0 Å². The van der Waals surface area contributed by atoms with Crippen molar-refractivity contribution >= 4 is 41.5 Å². The molecule has 1 aliphatic rings. The van der Waals surface area contributed by atoms with Crippen molar-refractivity contribution in [2.75, 3.05) is 31.1 Å². The molecule has 1 aliphatic heterocycles. The van der Waals surface area contributed by atoms with Crippen molar-refractivity contribution in [2.24, 2.45) is 12.0 Å². The maximum atomic E-state index is 13.8. The van der Waals surface area contributed by atoms with Crippen LogP contribution < -0.4 is 10.2 Å². The fourth-order valence-corrected chi connectivity index (χ4v) is 2.93. The molecule has 1 amide bonds. The molecule has 0 saturated carbocycles. The number of halogens is 3. The summed E-state index contributed by atoms with van der Waals surface area (Å²) in [5.41, 5.74) is 0.927. The van der Waals surface area contributed by atoms with E-state index in [2.05, 4.69) is 15.4 Å². The Labute approximate surface area is 179 Å². The van der Waals surface area contributed by atoms with E-state index in [1.807, 2.05) is 11.8 Å². The first-order chi connectivity index (χ1) is 13.0. The second kappa shape index (κ2) is 9.80. The van der Waals surface area contributed by atoms with Crippen LogP contribution >= 0.6 is 24.0 Å². The highest BCUT2D eigenvalue weighted by Gasteiger charge is 2.27. The summed E-state index contributed by atoms with van der Waals surface area (Å²) in [5, 5.41) is 7.20. The summed E-state index contributed by atoms with van der Waals surface area (Å²) in [4.78, 5) is 20.4. The summed E-state index contributed by atoms with van der Waals surface area (Å²) in [5.74, 6) is -0.586. The van der Waals surface area contributed by atoms with E-state index in [0.717, 1.165) is 23.9 Å². The number of aromatic nitrogens is 2. The first kappa shape index (κ1) is 22.1. The van der Waals surface area contributed by atoms with Gasteiger partial charge in [0.1, 0.15) is 18.2 Å². The summed E-state index contributed by atoms with van der Waals surface area (Å²) >= 11 is 0. The normalized spacial score (nSPS) is 14.9. The van der Waals surface area contributed by atoms with Crippen LogP contribution in [0.25, 0.3) is 0 Å². The molecule has 0 aliphatic carbocycles. The molecule has 0 unspecified atom stereocenters. The predicted molar refractivity (Wildman–Crippen MR) is 114 cm³/mol. The van der Waals surface area contributed by atoms with Crippen molar-refractivity contribution in [1.82, 2.24) is 20.0 Å². The topological polar surface area (TPSA) is 65.8 Å². The minimum absolute atomic E-state index is 0. The van der Waals surface area contributed by atoms with Crippen molar-refractivity contribution < 1.29 is 13.6 Å². The molecule has 0 spiro atoms. The SMILES string of the molecule is CCNC(=NCc1cc(F)ccc1F)N1CCN(c2cnn(C)c2)C(=O)C1.I. The van der Waals surface area contributed by atoms with Gasteiger partial charge in [0.25, 0.3) is 0 Å². The van der Waals surface area contributed by atoms with E-state index in [4.69, 9.17) is 0 Å². The summed E-state index contributed by atoms with van der Waals surface area (Å²) in [6.07, 6.45) is 3.44. The maximum Gasteiger partial charge on any atom is 0.246 e. The summed E-state index contributed by atoms with van der Waals surface area (Å²) in [6, 6.07) is 3.29. The van der Waals surface area contributed by atoms with E-state index in [0.29, 0.717) is 25.6 Å². The number of nitrogens with zero attached hydrogens (tertiary/aromatic N) is 5. The Balaban J connectivity index is 0.00000280. The van der Waals surface area contributed by atoms with Gasteiger partial charge in [-0.1, -0.05) is 0 Å². The van der Waals surface area contributed by atoms with Crippen LogP contribution in [-0.4, -0.2) is 52.7 Å². The minimum atomic E-state index is -0.508. The van der Waals surface area contributed by atoms with Crippen LogP contribution in [-0.2, 0) is 18.4 Å². The molecule has 10 heteroatoms. The van der Waals surface area contributed by atoms with Gasteiger partial charge in [0.2, 0.25) is 5.91 Å². The maximum absolute atomic E-state index is 13.8. The third-order valence-electron chi connectivity index (χ3n) is 4.26. The molecule has 7 nitrogen and oxygen atoms in total. The number of carbonyl (C=O) groups is 1. The lowest BCUT2D eigenvalue weighted by Gasteiger charge is -2.35. The molecule has 0 atom stereocenters. The number of carbonyl (C=O) groups excluding carboxylic acids is 1. The van der Waals surface area contributed by atoms with Crippen molar-refractivity contribution in [3.63, 3.8) is 0 Å². The van der Waals surface area contributed by atoms with Gasteiger partial charge in [-0.05, 0) is 25.1 Å². The number of hydrogen-bond acceptors (Lipinski definition) is 3. The van der Waals surface area contributed by atoms with E-state index in [-0.39, 0.29) is 48.5 Å². The van der Waals surface area contributed by atoms with E-state index in [1.165, 1.54) is 0 Å².